The van der Waals surface area contributed by atoms with E-state index in [1.54, 1.807) is 54.6 Å². The van der Waals surface area contributed by atoms with Gasteiger partial charge >= 0.3 is 0 Å². The van der Waals surface area contributed by atoms with Crippen molar-refractivity contribution in [1.29, 1.82) is 0 Å². The molecule has 0 fully saturated rings. The minimum atomic E-state index is -4.19. The Morgan fingerprint density at radius 1 is 0.848 bits per heavy atom. The molecule has 0 aliphatic rings. The molecule has 0 radical (unpaired) electrons. The number of benzene rings is 4. The molecule has 1 atom stereocenters. The van der Waals surface area contributed by atoms with Gasteiger partial charge in [-0.05, 0) is 72.5 Å². The zero-order chi connectivity index (χ0) is 33.4. The van der Waals surface area contributed by atoms with Crippen molar-refractivity contribution >= 4 is 66.7 Å². The van der Waals surface area contributed by atoms with Crippen LogP contribution in [-0.4, -0.2) is 44.3 Å². The lowest BCUT2D eigenvalue weighted by Gasteiger charge is -2.34. The lowest BCUT2D eigenvalue weighted by molar-refractivity contribution is -0.140. The fraction of sp³-hybridized carbons (Fsp3) is 0.257. The maximum absolute atomic E-state index is 14.5. The predicted molar refractivity (Wildman–Crippen MR) is 189 cm³/mol. The Kier molecular flexibility index (Phi) is 12.3. The standard InChI is InChI=1S/C35H36BrCl2N3O4S/c1-24(2)21-39-35(43)33(20-26-7-5-4-6-8-26)40(22-27-11-18-31(37)32(38)19-27)34(42)23-41(29-14-12-28(36)13-15-29)46(44,45)30-16-9-25(3)10-17-30/h4-19,24,33H,20-23H2,1-3H3,(H,39,43)/t33-/m1/s1. The second-order valence-electron chi connectivity index (χ2n) is 11.4. The van der Waals surface area contributed by atoms with Crippen LogP contribution in [0.2, 0.25) is 10.0 Å². The highest BCUT2D eigenvalue weighted by Crippen LogP contribution is 2.28. The number of amides is 2. The molecule has 4 rings (SSSR count). The molecule has 0 unspecified atom stereocenters. The van der Waals surface area contributed by atoms with Crippen LogP contribution in [0, 0.1) is 12.8 Å². The summed E-state index contributed by atoms with van der Waals surface area (Å²) in [7, 11) is -4.19. The SMILES string of the molecule is Cc1ccc(S(=O)(=O)N(CC(=O)N(Cc2ccc(Cl)c(Cl)c2)[C@H](Cc2ccccc2)C(=O)NCC(C)C)c2ccc(Br)cc2)cc1. The molecule has 2 amide bonds. The minimum Gasteiger partial charge on any atom is -0.354 e. The monoisotopic (exact) mass is 743 g/mol. The van der Waals surface area contributed by atoms with Gasteiger partial charge in [-0.15, -0.1) is 0 Å². The number of carbonyl (C=O) groups is 2. The molecule has 0 bridgehead atoms. The highest BCUT2D eigenvalue weighted by molar-refractivity contribution is 9.10. The van der Waals surface area contributed by atoms with Crippen LogP contribution in [-0.2, 0) is 32.6 Å². The van der Waals surface area contributed by atoms with E-state index in [0.29, 0.717) is 27.8 Å². The molecule has 0 spiro atoms. The fourth-order valence-corrected chi connectivity index (χ4v) is 6.78. The molecule has 242 valence electrons. The van der Waals surface area contributed by atoms with Crippen LogP contribution < -0.4 is 9.62 Å². The van der Waals surface area contributed by atoms with E-state index in [1.165, 1.54) is 17.0 Å². The van der Waals surface area contributed by atoms with Gasteiger partial charge in [0.1, 0.15) is 12.6 Å². The summed E-state index contributed by atoms with van der Waals surface area (Å²) in [6, 6.07) is 26.6. The van der Waals surface area contributed by atoms with E-state index in [9.17, 15) is 18.0 Å². The highest BCUT2D eigenvalue weighted by Gasteiger charge is 2.34. The van der Waals surface area contributed by atoms with Gasteiger partial charge in [0.15, 0.2) is 0 Å². The number of aryl methyl sites for hydroxylation is 1. The molecule has 46 heavy (non-hydrogen) atoms. The van der Waals surface area contributed by atoms with Crippen molar-refractivity contribution in [3.8, 4) is 0 Å². The average Bonchev–Trinajstić information content (AvgIpc) is 3.03. The molecule has 1 N–H and O–H groups in total. The Morgan fingerprint density at radius 2 is 1.50 bits per heavy atom. The molecular weight excluding hydrogens is 709 g/mol. The summed E-state index contributed by atoms with van der Waals surface area (Å²) >= 11 is 15.9. The predicted octanol–water partition coefficient (Wildman–Crippen LogP) is 7.67. The summed E-state index contributed by atoms with van der Waals surface area (Å²) in [5, 5.41) is 3.63. The van der Waals surface area contributed by atoms with Crippen LogP contribution in [0.15, 0.2) is 106 Å². The Morgan fingerprint density at radius 3 is 2.11 bits per heavy atom. The number of hydrogen-bond donors (Lipinski definition) is 1. The summed E-state index contributed by atoms with van der Waals surface area (Å²) in [4.78, 5) is 29.9. The topological polar surface area (TPSA) is 86.8 Å². The first-order valence-electron chi connectivity index (χ1n) is 14.7. The number of rotatable bonds is 13. The summed E-state index contributed by atoms with van der Waals surface area (Å²) in [6.07, 6.45) is 0.209. The van der Waals surface area contributed by atoms with Crippen LogP contribution in [0.3, 0.4) is 0 Å². The van der Waals surface area contributed by atoms with E-state index in [4.69, 9.17) is 23.2 Å². The molecule has 11 heteroatoms. The molecule has 0 aromatic heterocycles. The van der Waals surface area contributed by atoms with E-state index >= 15 is 0 Å². The van der Waals surface area contributed by atoms with Crippen molar-refractivity contribution in [2.45, 2.75) is 44.7 Å². The summed E-state index contributed by atoms with van der Waals surface area (Å²) in [5.41, 5.74) is 2.68. The Balaban J connectivity index is 1.81. The highest BCUT2D eigenvalue weighted by atomic mass is 79.9. The van der Waals surface area contributed by atoms with Crippen molar-refractivity contribution in [2.75, 3.05) is 17.4 Å². The van der Waals surface area contributed by atoms with E-state index in [0.717, 1.165) is 19.9 Å². The Labute approximate surface area is 289 Å². The first kappa shape index (κ1) is 35.5. The fourth-order valence-electron chi connectivity index (χ4n) is 4.78. The van der Waals surface area contributed by atoms with Gasteiger partial charge in [-0.1, -0.05) is 107 Å². The lowest BCUT2D eigenvalue weighted by atomic mass is 10.0. The summed E-state index contributed by atoms with van der Waals surface area (Å²) < 4.78 is 30.1. The number of sulfonamides is 1. The first-order chi connectivity index (χ1) is 21.8. The number of nitrogens with zero attached hydrogens (tertiary/aromatic N) is 2. The van der Waals surface area contributed by atoms with Crippen molar-refractivity contribution in [2.24, 2.45) is 5.92 Å². The molecule has 0 saturated heterocycles. The van der Waals surface area contributed by atoms with Crippen LogP contribution in [0.5, 0.6) is 0 Å². The van der Waals surface area contributed by atoms with Crippen LogP contribution in [0.4, 0.5) is 5.69 Å². The van der Waals surface area contributed by atoms with Gasteiger partial charge in [0.2, 0.25) is 11.8 Å². The van der Waals surface area contributed by atoms with E-state index in [2.05, 4.69) is 21.2 Å². The molecule has 0 aliphatic carbocycles. The third-order valence-electron chi connectivity index (χ3n) is 7.30. The largest absolute Gasteiger partial charge is 0.354 e. The van der Waals surface area contributed by atoms with E-state index < -0.39 is 28.5 Å². The quantitative estimate of drug-likeness (QED) is 0.152. The van der Waals surface area contributed by atoms with Gasteiger partial charge in [0.25, 0.3) is 10.0 Å². The third kappa shape index (κ3) is 9.35. The van der Waals surface area contributed by atoms with E-state index in [1.807, 2.05) is 51.1 Å². The number of nitrogens with one attached hydrogen (secondary N) is 1. The number of carbonyl (C=O) groups excluding carboxylic acids is 2. The van der Waals surface area contributed by atoms with Gasteiger partial charge in [-0.3, -0.25) is 13.9 Å². The van der Waals surface area contributed by atoms with Gasteiger partial charge in [0, 0.05) is 24.0 Å². The zero-order valence-electron chi connectivity index (χ0n) is 25.8. The summed E-state index contributed by atoms with van der Waals surface area (Å²) in [5.74, 6) is -0.735. The lowest BCUT2D eigenvalue weighted by Crippen LogP contribution is -2.53. The van der Waals surface area contributed by atoms with Crippen molar-refractivity contribution < 1.29 is 18.0 Å². The van der Waals surface area contributed by atoms with Crippen molar-refractivity contribution in [1.82, 2.24) is 10.2 Å². The maximum Gasteiger partial charge on any atom is 0.264 e. The normalized spacial score (nSPS) is 12.1. The van der Waals surface area contributed by atoms with E-state index in [-0.39, 0.29) is 29.7 Å². The zero-order valence-corrected chi connectivity index (χ0v) is 29.7. The van der Waals surface area contributed by atoms with Gasteiger partial charge in [0.05, 0.1) is 20.6 Å². The second-order valence-corrected chi connectivity index (χ2v) is 15.0. The summed E-state index contributed by atoms with van der Waals surface area (Å²) in [6.45, 7) is 5.67. The minimum absolute atomic E-state index is 0.0128. The Hall–Kier alpha value is -3.37. The second kappa shape index (κ2) is 16.0. The van der Waals surface area contributed by atoms with Crippen molar-refractivity contribution in [3.05, 3.63) is 128 Å². The van der Waals surface area contributed by atoms with Crippen LogP contribution in [0.1, 0.15) is 30.5 Å². The molecular formula is C35H36BrCl2N3O4S. The smallest absolute Gasteiger partial charge is 0.264 e. The molecule has 4 aromatic rings. The molecule has 4 aromatic carbocycles. The van der Waals surface area contributed by atoms with Gasteiger partial charge in [-0.25, -0.2) is 8.42 Å². The van der Waals surface area contributed by atoms with Crippen LogP contribution in [0.25, 0.3) is 0 Å². The van der Waals surface area contributed by atoms with Crippen molar-refractivity contribution in [3.63, 3.8) is 0 Å². The molecule has 0 saturated carbocycles. The third-order valence-corrected chi connectivity index (χ3v) is 10.4. The first-order valence-corrected chi connectivity index (χ1v) is 17.7. The number of halogens is 3. The number of anilines is 1. The molecule has 0 heterocycles. The van der Waals surface area contributed by atoms with Gasteiger partial charge < -0.3 is 10.2 Å². The van der Waals surface area contributed by atoms with Crippen LogP contribution >= 0.6 is 39.1 Å². The molecule has 0 aliphatic heterocycles. The Bertz CT molecular complexity index is 1750. The maximum atomic E-state index is 14.5. The van der Waals surface area contributed by atoms with Gasteiger partial charge in [-0.2, -0.15) is 0 Å². The average molecular weight is 746 g/mol. The molecule has 7 nitrogen and oxygen atoms in total. The number of hydrogen-bond acceptors (Lipinski definition) is 4.